The van der Waals surface area contributed by atoms with Crippen molar-refractivity contribution in [3.8, 4) is 0 Å². The highest BCUT2D eigenvalue weighted by Gasteiger charge is 2.29. The molecule has 2 aromatic heterocycles. The van der Waals surface area contributed by atoms with Gasteiger partial charge in [0.05, 0.1) is 19.8 Å². The Morgan fingerprint density at radius 3 is 3.00 bits per heavy atom. The first-order valence-electron chi connectivity index (χ1n) is 6.25. The van der Waals surface area contributed by atoms with Crippen molar-refractivity contribution in [1.82, 2.24) is 20.0 Å². The van der Waals surface area contributed by atoms with Crippen LogP contribution in [0.2, 0.25) is 0 Å². The number of morpholine rings is 1. The fraction of sp³-hybridized carbons (Fsp3) is 0.583. The SMILES string of the molecule is Cc1csc(CN2CCOCC2c2nc(C)no2)n1. The van der Waals surface area contributed by atoms with Gasteiger partial charge in [-0.25, -0.2) is 4.98 Å². The van der Waals surface area contributed by atoms with E-state index in [0.717, 1.165) is 30.4 Å². The van der Waals surface area contributed by atoms with Crippen LogP contribution in [0.5, 0.6) is 0 Å². The summed E-state index contributed by atoms with van der Waals surface area (Å²) >= 11 is 1.69. The summed E-state index contributed by atoms with van der Waals surface area (Å²) < 4.78 is 10.8. The summed E-state index contributed by atoms with van der Waals surface area (Å²) in [6.45, 7) is 6.81. The quantitative estimate of drug-likeness (QED) is 0.853. The Labute approximate surface area is 115 Å². The van der Waals surface area contributed by atoms with Crippen LogP contribution in [0.15, 0.2) is 9.90 Å². The maximum Gasteiger partial charge on any atom is 0.246 e. The minimum absolute atomic E-state index is 0.0270. The summed E-state index contributed by atoms with van der Waals surface area (Å²) in [7, 11) is 0. The molecule has 2 aromatic rings. The van der Waals surface area contributed by atoms with Gasteiger partial charge in [0.2, 0.25) is 5.89 Å². The third kappa shape index (κ3) is 2.83. The molecule has 1 aliphatic heterocycles. The average Bonchev–Trinajstić information content (AvgIpc) is 2.99. The molecule has 6 nitrogen and oxygen atoms in total. The highest BCUT2D eigenvalue weighted by molar-refractivity contribution is 7.09. The summed E-state index contributed by atoms with van der Waals surface area (Å²) in [6.07, 6.45) is 0. The normalized spacial score (nSPS) is 20.8. The molecule has 1 atom stereocenters. The van der Waals surface area contributed by atoms with E-state index < -0.39 is 0 Å². The van der Waals surface area contributed by atoms with Crippen LogP contribution in [0.25, 0.3) is 0 Å². The molecule has 0 radical (unpaired) electrons. The molecule has 0 aliphatic carbocycles. The molecule has 3 rings (SSSR count). The van der Waals surface area contributed by atoms with Gasteiger partial charge in [-0.2, -0.15) is 4.98 Å². The predicted molar refractivity (Wildman–Crippen MR) is 69.9 cm³/mol. The fourth-order valence-electron chi connectivity index (χ4n) is 2.15. The van der Waals surface area contributed by atoms with Gasteiger partial charge in [0, 0.05) is 17.6 Å². The zero-order chi connectivity index (χ0) is 13.2. The summed E-state index contributed by atoms with van der Waals surface area (Å²) in [5, 5.41) is 7.04. The molecule has 0 aromatic carbocycles. The number of thiazole rings is 1. The zero-order valence-corrected chi connectivity index (χ0v) is 11.8. The first kappa shape index (κ1) is 12.7. The van der Waals surface area contributed by atoms with Crippen LogP contribution >= 0.6 is 11.3 Å². The number of hydrogen-bond acceptors (Lipinski definition) is 7. The molecule has 0 bridgehead atoms. The minimum Gasteiger partial charge on any atom is -0.378 e. The van der Waals surface area contributed by atoms with E-state index in [0.29, 0.717) is 18.3 Å². The lowest BCUT2D eigenvalue weighted by atomic mass is 10.2. The third-order valence-corrected chi connectivity index (χ3v) is 4.02. The van der Waals surface area contributed by atoms with Crippen LogP contribution in [-0.2, 0) is 11.3 Å². The van der Waals surface area contributed by atoms with Gasteiger partial charge in [0.1, 0.15) is 11.0 Å². The first-order chi connectivity index (χ1) is 9.22. The van der Waals surface area contributed by atoms with Crippen molar-refractivity contribution in [2.24, 2.45) is 0 Å². The monoisotopic (exact) mass is 280 g/mol. The lowest BCUT2D eigenvalue weighted by Crippen LogP contribution is -2.39. The van der Waals surface area contributed by atoms with Crippen molar-refractivity contribution in [2.45, 2.75) is 26.4 Å². The third-order valence-electron chi connectivity index (χ3n) is 3.07. The smallest absolute Gasteiger partial charge is 0.246 e. The molecular formula is C12H16N4O2S. The Morgan fingerprint density at radius 2 is 2.32 bits per heavy atom. The zero-order valence-electron chi connectivity index (χ0n) is 11.0. The molecule has 1 unspecified atom stereocenters. The van der Waals surface area contributed by atoms with Gasteiger partial charge in [-0.05, 0) is 13.8 Å². The lowest BCUT2D eigenvalue weighted by molar-refractivity contribution is -0.0241. The predicted octanol–water partition coefficient (Wildman–Crippen LogP) is 1.72. The molecule has 102 valence electrons. The molecular weight excluding hydrogens is 264 g/mol. The Kier molecular flexibility index (Phi) is 3.58. The van der Waals surface area contributed by atoms with E-state index >= 15 is 0 Å². The van der Waals surface area contributed by atoms with E-state index in [1.807, 2.05) is 13.8 Å². The Morgan fingerprint density at radius 1 is 1.42 bits per heavy atom. The topological polar surface area (TPSA) is 64.3 Å². The van der Waals surface area contributed by atoms with Crippen molar-refractivity contribution in [3.05, 3.63) is 27.8 Å². The van der Waals surface area contributed by atoms with Crippen molar-refractivity contribution in [3.63, 3.8) is 0 Å². The van der Waals surface area contributed by atoms with Crippen molar-refractivity contribution in [2.75, 3.05) is 19.8 Å². The second-order valence-corrected chi connectivity index (χ2v) is 5.57. The summed E-state index contributed by atoms with van der Waals surface area (Å²) in [5.41, 5.74) is 1.07. The number of nitrogens with zero attached hydrogens (tertiary/aromatic N) is 4. The highest BCUT2D eigenvalue weighted by atomic mass is 32.1. The molecule has 7 heteroatoms. The molecule has 3 heterocycles. The molecule has 0 saturated carbocycles. The molecule has 19 heavy (non-hydrogen) atoms. The van der Waals surface area contributed by atoms with Crippen molar-refractivity contribution >= 4 is 11.3 Å². The van der Waals surface area contributed by atoms with Gasteiger partial charge in [-0.3, -0.25) is 4.90 Å². The van der Waals surface area contributed by atoms with E-state index in [9.17, 15) is 0 Å². The van der Waals surface area contributed by atoms with Crippen LogP contribution < -0.4 is 0 Å². The molecule has 0 spiro atoms. The van der Waals surface area contributed by atoms with E-state index in [4.69, 9.17) is 9.26 Å². The van der Waals surface area contributed by atoms with Crippen LogP contribution in [0.4, 0.5) is 0 Å². The second kappa shape index (κ2) is 5.36. The number of aromatic nitrogens is 3. The van der Waals surface area contributed by atoms with Crippen LogP contribution in [0.1, 0.15) is 28.5 Å². The van der Waals surface area contributed by atoms with Gasteiger partial charge in [-0.15, -0.1) is 11.3 Å². The summed E-state index contributed by atoms with van der Waals surface area (Å²) in [4.78, 5) is 11.1. The molecule has 1 fully saturated rings. The standard InChI is InChI=1S/C12H16N4O2S/c1-8-7-19-11(13-8)5-16-3-4-17-6-10(16)12-14-9(2)15-18-12/h7,10H,3-6H2,1-2H3. The van der Waals surface area contributed by atoms with Crippen molar-refractivity contribution in [1.29, 1.82) is 0 Å². The number of aryl methyl sites for hydroxylation is 2. The average molecular weight is 280 g/mol. The Hall–Kier alpha value is -1.31. The van der Waals surface area contributed by atoms with Gasteiger partial charge in [-0.1, -0.05) is 5.16 Å². The van der Waals surface area contributed by atoms with Crippen LogP contribution in [0.3, 0.4) is 0 Å². The molecule has 0 N–H and O–H groups in total. The largest absolute Gasteiger partial charge is 0.378 e. The molecule has 1 aliphatic rings. The van der Waals surface area contributed by atoms with Crippen LogP contribution in [0, 0.1) is 13.8 Å². The van der Waals surface area contributed by atoms with Gasteiger partial charge in [0.15, 0.2) is 5.82 Å². The van der Waals surface area contributed by atoms with Gasteiger partial charge < -0.3 is 9.26 Å². The summed E-state index contributed by atoms with van der Waals surface area (Å²) in [5.74, 6) is 1.29. The second-order valence-electron chi connectivity index (χ2n) is 4.62. The Bertz CT molecular complexity index is 553. The highest BCUT2D eigenvalue weighted by Crippen LogP contribution is 2.25. The lowest BCUT2D eigenvalue weighted by Gasteiger charge is -2.32. The number of ether oxygens (including phenoxy) is 1. The van der Waals surface area contributed by atoms with E-state index in [1.54, 1.807) is 11.3 Å². The van der Waals surface area contributed by atoms with E-state index in [-0.39, 0.29) is 6.04 Å². The van der Waals surface area contributed by atoms with E-state index in [2.05, 4.69) is 25.4 Å². The van der Waals surface area contributed by atoms with Crippen LogP contribution in [-0.4, -0.2) is 39.8 Å². The van der Waals surface area contributed by atoms with Crippen molar-refractivity contribution < 1.29 is 9.26 Å². The number of rotatable bonds is 3. The molecule has 1 saturated heterocycles. The maximum absolute atomic E-state index is 5.53. The fourth-order valence-corrected chi connectivity index (χ4v) is 2.95. The Balaban J connectivity index is 1.77. The molecule has 0 amide bonds. The summed E-state index contributed by atoms with van der Waals surface area (Å²) in [6, 6.07) is 0.0270. The minimum atomic E-state index is 0.0270. The number of hydrogen-bond donors (Lipinski definition) is 0. The van der Waals surface area contributed by atoms with E-state index in [1.165, 1.54) is 0 Å². The van der Waals surface area contributed by atoms with Gasteiger partial charge >= 0.3 is 0 Å². The first-order valence-corrected chi connectivity index (χ1v) is 7.13. The van der Waals surface area contributed by atoms with Gasteiger partial charge in [0.25, 0.3) is 0 Å². The maximum atomic E-state index is 5.53.